The highest BCUT2D eigenvalue weighted by Crippen LogP contribution is 2.17. The zero-order valence-corrected chi connectivity index (χ0v) is 13.1. The average Bonchev–Trinajstić information content (AvgIpc) is 2.48. The second-order valence-corrected chi connectivity index (χ2v) is 5.26. The number of hydrogen-bond acceptors (Lipinski definition) is 2. The molecule has 0 spiro atoms. The van der Waals surface area contributed by atoms with Crippen LogP contribution >= 0.6 is 11.6 Å². The third-order valence-corrected chi connectivity index (χ3v) is 3.23. The number of rotatable bonds is 5. The van der Waals surface area contributed by atoms with Crippen LogP contribution in [0.15, 0.2) is 48.5 Å². The zero-order valence-electron chi connectivity index (χ0n) is 12.3. The third-order valence-electron chi connectivity index (χ3n) is 2.99. The summed E-state index contributed by atoms with van der Waals surface area (Å²) in [7, 11) is 1.63. The molecule has 0 aliphatic heterocycles. The van der Waals surface area contributed by atoms with Gasteiger partial charge in [-0.15, -0.1) is 0 Å². The van der Waals surface area contributed by atoms with Crippen LogP contribution in [0.1, 0.15) is 5.56 Å². The second kappa shape index (κ2) is 7.78. The molecule has 122 valence electrons. The summed E-state index contributed by atoms with van der Waals surface area (Å²) in [6.45, 7) is -2.53. The zero-order chi connectivity index (χ0) is 16.8. The van der Waals surface area contributed by atoms with Gasteiger partial charge in [0.1, 0.15) is 5.75 Å². The van der Waals surface area contributed by atoms with Crippen molar-refractivity contribution in [1.82, 2.24) is 4.90 Å². The Morgan fingerprint density at radius 2 is 1.96 bits per heavy atom. The van der Waals surface area contributed by atoms with Crippen molar-refractivity contribution >= 4 is 23.3 Å². The van der Waals surface area contributed by atoms with E-state index in [1.807, 2.05) is 0 Å². The van der Waals surface area contributed by atoms with Crippen LogP contribution in [-0.2, 0) is 6.54 Å². The highest BCUT2D eigenvalue weighted by atomic mass is 35.5. The van der Waals surface area contributed by atoms with Gasteiger partial charge >= 0.3 is 12.6 Å². The maximum atomic E-state index is 12.1. The minimum absolute atomic E-state index is 0.0785. The molecule has 2 aromatic rings. The minimum Gasteiger partial charge on any atom is -0.435 e. The summed E-state index contributed by atoms with van der Waals surface area (Å²) in [4.78, 5) is 13.6. The number of nitrogens with zero attached hydrogens (tertiary/aromatic N) is 1. The quantitative estimate of drug-likeness (QED) is 0.863. The summed E-state index contributed by atoms with van der Waals surface area (Å²) in [5.74, 6) is 0.0785. The van der Waals surface area contributed by atoms with Gasteiger partial charge in [0.05, 0.1) is 0 Å². The molecule has 0 unspecified atom stereocenters. The first-order valence-corrected chi connectivity index (χ1v) is 7.13. The summed E-state index contributed by atoms with van der Waals surface area (Å²) in [5.41, 5.74) is 1.38. The summed E-state index contributed by atoms with van der Waals surface area (Å²) >= 11 is 5.86. The number of carbonyl (C=O) groups is 1. The number of anilines is 1. The van der Waals surface area contributed by atoms with Gasteiger partial charge in [-0.25, -0.2) is 4.79 Å². The summed E-state index contributed by atoms with van der Waals surface area (Å²) in [6, 6.07) is 12.6. The van der Waals surface area contributed by atoms with Crippen LogP contribution in [0.4, 0.5) is 19.3 Å². The Balaban J connectivity index is 1.92. The Labute approximate surface area is 137 Å². The van der Waals surface area contributed by atoms with Crippen LogP contribution in [0.3, 0.4) is 0 Å². The highest BCUT2D eigenvalue weighted by molar-refractivity contribution is 6.30. The largest absolute Gasteiger partial charge is 0.435 e. The first-order chi connectivity index (χ1) is 10.9. The van der Waals surface area contributed by atoms with Gasteiger partial charge in [0.2, 0.25) is 0 Å². The Hall–Kier alpha value is -2.34. The molecule has 0 radical (unpaired) electrons. The molecule has 0 bridgehead atoms. The molecule has 0 saturated heterocycles. The summed E-state index contributed by atoms with van der Waals surface area (Å²) in [5, 5.41) is 3.25. The summed E-state index contributed by atoms with van der Waals surface area (Å²) in [6.07, 6.45) is 0. The monoisotopic (exact) mass is 340 g/mol. The van der Waals surface area contributed by atoms with Crippen LogP contribution in [-0.4, -0.2) is 24.6 Å². The Morgan fingerprint density at radius 1 is 1.26 bits per heavy atom. The fourth-order valence-corrected chi connectivity index (χ4v) is 2.10. The van der Waals surface area contributed by atoms with Crippen LogP contribution in [0.25, 0.3) is 0 Å². The van der Waals surface area contributed by atoms with E-state index in [0.29, 0.717) is 17.3 Å². The van der Waals surface area contributed by atoms with Crippen LogP contribution in [0.2, 0.25) is 5.02 Å². The molecule has 0 heterocycles. The molecule has 1 N–H and O–H groups in total. The number of halogens is 3. The van der Waals surface area contributed by atoms with E-state index in [4.69, 9.17) is 11.6 Å². The van der Waals surface area contributed by atoms with E-state index in [0.717, 1.165) is 5.56 Å². The van der Waals surface area contributed by atoms with Crippen molar-refractivity contribution in [3.63, 3.8) is 0 Å². The topological polar surface area (TPSA) is 41.6 Å². The van der Waals surface area contributed by atoms with E-state index in [-0.39, 0.29) is 11.8 Å². The lowest BCUT2D eigenvalue weighted by molar-refractivity contribution is -0.0498. The van der Waals surface area contributed by atoms with Crippen molar-refractivity contribution < 1.29 is 18.3 Å². The van der Waals surface area contributed by atoms with Gasteiger partial charge < -0.3 is 15.0 Å². The number of benzene rings is 2. The fraction of sp³-hybridized carbons (Fsp3) is 0.188. The van der Waals surface area contributed by atoms with Crippen LogP contribution < -0.4 is 10.1 Å². The molecule has 0 saturated carbocycles. The average molecular weight is 341 g/mol. The van der Waals surface area contributed by atoms with E-state index in [2.05, 4.69) is 10.1 Å². The smallest absolute Gasteiger partial charge is 0.387 e. The van der Waals surface area contributed by atoms with Crippen molar-refractivity contribution in [3.8, 4) is 5.75 Å². The molecular weight excluding hydrogens is 326 g/mol. The maximum Gasteiger partial charge on any atom is 0.387 e. The first kappa shape index (κ1) is 17.0. The van der Waals surface area contributed by atoms with Crippen molar-refractivity contribution in [1.29, 1.82) is 0 Å². The molecule has 7 heteroatoms. The second-order valence-electron chi connectivity index (χ2n) is 4.82. The number of alkyl halides is 2. The number of hydrogen-bond donors (Lipinski definition) is 1. The van der Waals surface area contributed by atoms with Crippen molar-refractivity contribution in [2.24, 2.45) is 0 Å². The fourth-order valence-electron chi connectivity index (χ4n) is 1.91. The van der Waals surface area contributed by atoms with Crippen LogP contribution in [0, 0.1) is 0 Å². The van der Waals surface area contributed by atoms with Gasteiger partial charge in [0, 0.05) is 24.3 Å². The van der Waals surface area contributed by atoms with Gasteiger partial charge in [0.25, 0.3) is 0 Å². The SMILES string of the molecule is CN(Cc1ccc(OC(F)F)cc1)C(=O)Nc1cccc(Cl)c1. The molecule has 0 atom stereocenters. The van der Waals surface area contributed by atoms with Crippen LogP contribution in [0.5, 0.6) is 5.75 Å². The minimum atomic E-state index is -2.85. The highest BCUT2D eigenvalue weighted by Gasteiger charge is 2.10. The number of nitrogens with one attached hydrogen (secondary N) is 1. The number of urea groups is 1. The maximum absolute atomic E-state index is 12.1. The van der Waals surface area contributed by atoms with E-state index < -0.39 is 6.61 Å². The molecule has 0 fully saturated rings. The Kier molecular flexibility index (Phi) is 5.76. The first-order valence-electron chi connectivity index (χ1n) is 6.75. The van der Waals surface area contributed by atoms with Gasteiger partial charge in [-0.05, 0) is 35.9 Å². The number of carbonyl (C=O) groups excluding carboxylic acids is 1. The summed E-state index contributed by atoms with van der Waals surface area (Å²) < 4.78 is 28.4. The predicted molar refractivity (Wildman–Crippen MR) is 85.0 cm³/mol. The van der Waals surface area contributed by atoms with Gasteiger partial charge in [0.15, 0.2) is 0 Å². The lowest BCUT2D eigenvalue weighted by atomic mass is 10.2. The van der Waals surface area contributed by atoms with E-state index >= 15 is 0 Å². The normalized spacial score (nSPS) is 10.5. The van der Waals surface area contributed by atoms with E-state index in [9.17, 15) is 13.6 Å². The lowest BCUT2D eigenvalue weighted by Crippen LogP contribution is -2.30. The van der Waals surface area contributed by atoms with Crippen molar-refractivity contribution in [3.05, 3.63) is 59.1 Å². The van der Waals surface area contributed by atoms with E-state index in [1.165, 1.54) is 17.0 Å². The van der Waals surface area contributed by atoms with Crippen molar-refractivity contribution in [2.75, 3.05) is 12.4 Å². The molecule has 2 aromatic carbocycles. The standard InChI is InChI=1S/C16H15ClF2N2O2/c1-21(16(22)20-13-4-2-3-12(17)9-13)10-11-5-7-14(8-6-11)23-15(18)19/h2-9,15H,10H2,1H3,(H,20,22). The molecular formula is C16H15ClF2N2O2. The molecule has 0 aliphatic rings. The van der Waals surface area contributed by atoms with Crippen molar-refractivity contribution in [2.45, 2.75) is 13.2 Å². The molecule has 4 nitrogen and oxygen atoms in total. The third kappa shape index (κ3) is 5.41. The molecule has 2 amide bonds. The Morgan fingerprint density at radius 3 is 2.57 bits per heavy atom. The number of amides is 2. The lowest BCUT2D eigenvalue weighted by Gasteiger charge is -2.18. The van der Waals surface area contributed by atoms with Gasteiger partial charge in [-0.3, -0.25) is 0 Å². The molecule has 0 aromatic heterocycles. The predicted octanol–water partition coefficient (Wildman–Crippen LogP) is 4.61. The molecule has 2 rings (SSSR count). The molecule has 23 heavy (non-hydrogen) atoms. The van der Waals surface area contributed by atoms with Gasteiger partial charge in [-0.2, -0.15) is 8.78 Å². The number of ether oxygens (including phenoxy) is 1. The molecule has 0 aliphatic carbocycles. The van der Waals surface area contributed by atoms with E-state index in [1.54, 1.807) is 43.4 Å². The Bertz CT molecular complexity index is 665. The van der Waals surface area contributed by atoms with Gasteiger partial charge in [-0.1, -0.05) is 29.8 Å².